The van der Waals surface area contributed by atoms with Crippen LogP contribution in [-0.2, 0) is 30.9 Å². The molecule has 40 heavy (non-hydrogen) atoms. The number of esters is 1. The highest BCUT2D eigenvalue weighted by molar-refractivity contribution is 9.09. The van der Waals surface area contributed by atoms with Crippen LogP contribution in [0.3, 0.4) is 0 Å². The third-order valence-corrected chi connectivity index (χ3v) is 9.44. The first-order valence-electron chi connectivity index (χ1n) is 12.1. The Kier molecular flexibility index (Phi) is 8.59. The number of aryl methyl sites for hydroxylation is 1. The Morgan fingerprint density at radius 1 is 1.18 bits per heavy atom. The van der Waals surface area contributed by atoms with Crippen molar-refractivity contribution in [1.29, 1.82) is 0 Å². The summed E-state index contributed by atoms with van der Waals surface area (Å²) in [5, 5.41) is 14.1. The number of fused-ring (bicyclic) bond motifs is 1. The Balaban J connectivity index is 1.51. The number of carbonyl (C=O) groups excluding carboxylic acids is 3. The molecule has 1 unspecified atom stereocenters. The van der Waals surface area contributed by atoms with Crippen LogP contribution in [0.5, 0.6) is 0 Å². The van der Waals surface area contributed by atoms with Gasteiger partial charge in [-0.3, -0.25) is 14.5 Å². The molecule has 2 amide bonds. The van der Waals surface area contributed by atoms with Gasteiger partial charge in [0.05, 0.1) is 5.33 Å². The number of rotatable bonds is 10. The molecule has 5 rings (SSSR count). The van der Waals surface area contributed by atoms with Crippen LogP contribution in [0.25, 0.3) is 0 Å². The van der Waals surface area contributed by atoms with E-state index in [0.717, 1.165) is 11.1 Å². The van der Waals surface area contributed by atoms with Gasteiger partial charge in [-0.2, -0.15) is 0 Å². The zero-order valence-corrected chi connectivity index (χ0v) is 24.7. The second-order valence-electron chi connectivity index (χ2n) is 8.89. The van der Waals surface area contributed by atoms with Gasteiger partial charge in [-0.1, -0.05) is 88.4 Å². The lowest BCUT2D eigenvalue weighted by Crippen LogP contribution is -2.80. The lowest BCUT2D eigenvalue weighted by Gasteiger charge is -2.56. The summed E-state index contributed by atoms with van der Waals surface area (Å²) in [5.41, 5.74) is 0.802. The molecule has 1 saturated heterocycles. The Morgan fingerprint density at radius 3 is 2.38 bits per heavy atom. The highest BCUT2D eigenvalue weighted by Crippen LogP contribution is 2.48. The number of methoxy groups -OCH3 is 1. The Bertz CT molecular complexity index is 1400. The molecule has 1 N–H and O–H groups in total. The predicted octanol–water partition coefficient (Wildman–Crippen LogP) is 2.66. The number of aromatic nitrogens is 4. The molecule has 2 aliphatic rings. The quantitative estimate of drug-likeness (QED) is 0.116. The van der Waals surface area contributed by atoms with Crippen LogP contribution in [0.1, 0.15) is 17.2 Å². The highest BCUT2D eigenvalue weighted by Gasteiger charge is 2.66. The van der Waals surface area contributed by atoms with E-state index in [0.29, 0.717) is 22.2 Å². The van der Waals surface area contributed by atoms with Crippen molar-refractivity contribution in [2.75, 3.05) is 23.9 Å². The average molecular weight is 646 g/mol. The molecular formula is C26H25BrN6O5S2. The molecule has 0 bridgehead atoms. The first-order valence-corrected chi connectivity index (χ1v) is 15.3. The van der Waals surface area contributed by atoms with Gasteiger partial charge < -0.3 is 14.8 Å². The second-order valence-corrected chi connectivity index (χ2v) is 11.5. The second kappa shape index (κ2) is 12.1. The zero-order valence-electron chi connectivity index (χ0n) is 21.5. The Hall–Kier alpha value is -3.20. The van der Waals surface area contributed by atoms with E-state index >= 15 is 0 Å². The van der Waals surface area contributed by atoms with Gasteiger partial charge in [0.1, 0.15) is 11.1 Å². The van der Waals surface area contributed by atoms with Crippen molar-refractivity contribution in [1.82, 2.24) is 30.4 Å². The number of β-lactam (4-membered cyclic amide) rings is 1. The number of nitrogens with zero attached hydrogens (tertiary/aromatic N) is 5. The maximum Gasteiger partial charge on any atom is 0.356 e. The van der Waals surface area contributed by atoms with Gasteiger partial charge in [-0.15, -0.1) is 16.9 Å². The molecule has 14 heteroatoms. The number of hydrogen-bond donors (Lipinski definition) is 1. The van der Waals surface area contributed by atoms with E-state index in [1.807, 2.05) is 60.7 Å². The van der Waals surface area contributed by atoms with E-state index in [4.69, 9.17) is 9.47 Å². The summed E-state index contributed by atoms with van der Waals surface area (Å²) >= 11 is 5.86. The van der Waals surface area contributed by atoms with Crippen LogP contribution in [0, 0.1) is 0 Å². The summed E-state index contributed by atoms with van der Waals surface area (Å²) in [6, 6.07) is 18.8. The largest absolute Gasteiger partial charge is 0.448 e. The fourth-order valence-electron chi connectivity index (χ4n) is 4.53. The maximum atomic E-state index is 14.0. The number of amides is 2. The van der Waals surface area contributed by atoms with Crippen molar-refractivity contribution in [3.63, 3.8) is 0 Å². The molecule has 208 valence electrons. The van der Waals surface area contributed by atoms with Crippen LogP contribution in [0.15, 0.2) is 77.1 Å². The van der Waals surface area contributed by atoms with Crippen molar-refractivity contribution in [2.45, 2.75) is 22.4 Å². The third-order valence-electron chi connectivity index (χ3n) is 6.46. The van der Waals surface area contributed by atoms with Crippen molar-refractivity contribution in [2.24, 2.45) is 7.05 Å². The standard InChI is InChI=1S/C26H25BrN6O5S2/c1-32-25(29-30-31-32)40-15-18-14-39-24-26(37-2,28-19(34)13-27)23(36)33(24)20(18)22(35)38-21(16-9-5-3-6-10-16)17-11-7-4-8-12-17/h3-12,21,24H,13-15H2,1-2H3,(H,28,34)/t24?,26-/m0/s1. The summed E-state index contributed by atoms with van der Waals surface area (Å²) < 4.78 is 13.3. The molecule has 11 nitrogen and oxygen atoms in total. The zero-order chi connectivity index (χ0) is 28.3. The van der Waals surface area contributed by atoms with E-state index < -0.39 is 35.0 Å². The van der Waals surface area contributed by atoms with Gasteiger partial charge >= 0.3 is 5.97 Å². The minimum atomic E-state index is -1.59. The van der Waals surface area contributed by atoms with E-state index in [9.17, 15) is 14.4 Å². The van der Waals surface area contributed by atoms with Gasteiger partial charge in [-0.25, -0.2) is 9.48 Å². The van der Waals surface area contributed by atoms with Crippen molar-refractivity contribution in [3.8, 4) is 0 Å². The molecule has 0 aliphatic carbocycles. The molecule has 0 saturated carbocycles. The van der Waals surface area contributed by atoms with Gasteiger partial charge in [0.15, 0.2) is 6.10 Å². The number of benzene rings is 2. The molecule has 3 aromatic rings. The number of carbonyl (C=O) groups is 3. The topological polar surface area (TPSA) is 129 Å². The first kappa shape index (κ1) is 28.3. The summed E-state index contributed by atoms with van der Waals surface area (Å²) in [6.07, 6.45) is -0.705. The number of alkyl halides is 1. The van der Waals surface area contributed by atoms with Crippen LogP contribution < -0.4 is 5.32 Å². The monoisotopic (exact) mass is 644 g/mol. The molecule has 2 aromatic carbocycles. The van der Waals surface area contributed by atoms with Crippen LogP contribution in [0.4, 0.5) is 0 Å². The van der Waals surface area contributed by atoms with Gasteiger partial charge in [-0.05, 0) is 27.1 Å². The van der Waals surface area contributed by atoms with Crippen LogP contribution in [0.2, 0.25) is 0 Å². The summed E-state index contributed by atoms with van der Waals surface area (Å²) in [7, 11) is 3.08. The number of ether oxygens (including phenoxy) is 2. The highest BCUT2D eigenvalue weighted by atomic mass is 79.9. The van der Waals surface area contributed by atoms with Gasteiger partial charge in [0.2, 0.25) is 11.1 Å². The number of halogens is 1. The molecule has 3 heterocycles. The average Bonchev–Trinajstić information content (AvgIpc) is 3.41. The molecule has 2 atom stereocenters. The molecule has 0 spiro atoms. The summed E-state index contributed by atoms with van der Waals surface area (Å²) in [6.45, 7) is 0. The molecular weight excluding hydrogens is 620 g/mol. The van der Waals surface area contributed by atoms with E-state index in [1.165, 1.54) is 40.2 Å². The van der Waals surface area contributed by atoms with E-state index in [1.54, 1.807) is 7.05 Å². The number of hydrogen-bond acceptors (Lipinski definition) is 10. The molecule has 1 aromatic heterocycles. The molecule has 1 fully saturated rings. The Labute approximate surface area is 247 Å². The lowest BCUT2D eigenvalue weighted by atomic mass is 9.98. The normalized spacial score (nSPS) is 20.2. The first-order chi connectivity index (χ1) is 19.4. The summed E-state index contributed by atoms with van der Waals surface area (Å²) in [4.78, 5) is 41.3. The SMILES string of the molecule is CO[C@@]1(NC(=O)CBr)C(=O)N2C(C(=O)OC(c3ccccc3)c3ccccc3)=C(CSc3nnnn3C)CSC21. The predicted molar refractivity (Wildman–Crippen MR) is 152 cm³/mol. The van der Waals surface area contributed by atoms with E-state index in [-0.39, 0.29) is 11.0 Å². The number of nitrogens with one attached hydrogen (secondary N) is 1. The van der Waals surface area contributed by atoms with Crippen molar-refractivity contribution >= 4 is 57.2 Å². The fourth-order valence-corrected chi connectivity index (χ4v) is 7.09. The lowest BCUT2D eigenvalue weighted by molar-refractivity contribution is -0.192. The minimum Gasteiger partial charge on any atom is -0.448 e. The maximum absolute atomic E-state index is 14.0. The minimum absolute atomic E-state index is 0.00300. The van der Waals surface area contributed by atoms with Crippen molar-refractivity contribution < 1.29 is 23.9 Å². The van der Waals surface area contributed by atoms with Crippen LogP contribution in [-0.4, -0.2) is 77.9 Å². The van der Waals surface area contributed by atoms with Gasteiger partial charge in [0, 0.05) is 25.7 Å². The molecule has 0 radical (unpaired) electrons. The van der Waals surface area contributed by atoms with E-state index in [2.05, 4.69) is 36.8 Å². The number of tetrazole rings is 1. The Morgan fingerprint density at radius 2 is 1.82 bits per heavy atom. The smallest absolute Gasteiger partial charge is 0.356 e. The molecule has 2 aliphatic heterocycles. The van der Waals surface area contributed by atoms with Crippen LogP contribution >= 0.6 is 39.5 Å². The summed E-state index contributed by atoms with van der Waals surface area (Å²) in [5.74, 6) is -0.870. The number of thioether (sulfide) groups is 2. The fraction of sp³-hybridized carbons (Fsp3) is 0.308. The van der Waals surface area contributed by atoms with Crippen molar-refractivity contribution in [3.05, 3.63) is 83.1 Å². The third kappa shape index (κ3) is 5.28. The van der Waals surface area contributed by atoms with Gasteiger partial charge in [0.25, 0.3) is 11.6 Å².